The number of aliphatic imine (C=N–C) groups is 1. The molecular formula is C17H25N3O2S. The third kappa shape index (κ3) is 4.97. The van der Waals surface area contributed by atoms with Crippen molar-refractivity contribution in [3.63, 3.8) is 0 Å². The first-order valence-electron chi connectivity index (χ1n) is 8.00. The number of thioether (sulfide) groups is 1. The van der Waals surface area contributed by atoms with Gasteiger partial charge < -0.3 is 15.8 Å². The highest BCUT2D eigenvalue weighted by Gasteiger charge is 2.29. The molecule has 6 heteroatoms. The summed E-state index contributed by atoms with van der Waals surface area (Å²) in [5.74, 6) is 0.911. The van der Waals surface area contributed by atoms with E-state index < -0.39 is 0 Å². The number of amidine groups is 1. The third-order valence-electron chi connectivity index (χ3n) is 3.92. The monoisotopic (exact) mass is 335 g/mol. The van der Waals surface area contributed by atoms with Gasteiger partial charge in [0.15, 0.2) is 5.17 Å². The normalized spacial score (nSPS) is 20.9. The Hall–Kier alpha value is -1.53. The zero-order valence-corrected chi connectivity index (χ0v) is 14.6. The number of benzene rings is 1. The van der Waals surface area contributed by atoms with E-state index in [1.54, 1.807) is 11.8 Å². The average molecular weight is 335 g/mol. The molecule has 23 heavy (non-hydrogen) atoms. The van der Waals surface area contributed by atoms with Crippen molar-refractivity contribution in [3.8, 4) is 0 Å². The Morgan fingerprint density at radius 1 is 1.43 bits per heavy atom. The van der Waals surface area contributed by atoms with Crippen molar-refractivity contribution < 1.29 is 9.53 Å². The second-order valence-corrected chi connectivity index (χ2v) is 6.82. The van der Waals surface area contributed by atoms with E-state index in [9.17, 15) is 4.79 Å². The predicted molar refractivity (Wildman–Crippen MR) is 95.9 cm³/mol. The van der Waals surface area contributed by atoms with Gasteiger partial charge in [0.25, 0.3) is 5.91 Å². The van der Waals surface area contributed by atoms with Gasteiger partial charge in [0.2, 0.25) is 0 Å². The number of carbonyl (C=O) groups excluding carboxylic acids is 1. The van der Waals surface area contributed by atoms with E-state index in [1.165, 1.54) is 0 Å². The van der Waals surface area contributed by atoms with Crippen LogP contribution in [0.25, 0.3) is 0 Å². The molecule has 2 rings (SSSR count). The van der Waals surface area contributed by atoms with Gasteiger partial charge >= 0.3 is 0 Å². The minimum Gasteiger partial charge on any atom is -0.382 e. The summed E-state index contributed by atoms with van der Waals surface area (Å²) in [6.45, 7) is 6.05. The van der Waals surface area contributed by atoms with E-state index in [4.69, 9.17) is 10.5 Å². The molecule has 5 nitrogen and oxygen atoms in total. The molecule has 0 saturated heterocycles. The second kappa shape index (κ2) is 8.36. The molecule has 1 aliphatic heterocycles. The van der Waals surface area contributed by atoms with Gasteiger partial charge in [-0.2, -0.15) is 0 Å². The van der Waals surface area contributed by atoms with Crippen LogP contribution in [-0.4, -0.2) is 36.6 Å². The number of rotatable bonds is 7. The van der Waals surface area contributed by atoms with E-state index >= 15 is 0 Å². The summed E-state index contributed by atoms with van der Waals surface area (Å²) in [6, 6.07) is 7.65. The number of ether oxygens (including phenoxy) is 1. The van der Waals surface area contributed by atoms with Crippen LogP contribution in [0, 0.1) is 0 Å². The van der Waals surface area contributed by atoms with Crippen molar-refractivity contribution in [2.45, 2.75) is 32.2 Å². The largest absolute Gasteiger partial charge is 0.382 e. The van der Waals surface area contributed by atoms with Crippen LogP contribution in [0.1, 0.15) is 42.6 Å². The van der Waals surface area contributed by atoms with Crippen molar-refractivity contribution in [2.75, 3.05) is 25.5 Å². The van der Waals surface area contributed by atoms with Gasteiger partial charge in [-0.1, -0.05) is 23.9 Å². The third-order valence-corrected chi connectivity index (χ3v) is 4.72. The summed E-state index contributed by atoms with van der Waals surface area (Å²) in [4.78, 5) is 16.7. The molecule has 0 aliphatic carbocycles. The Morgan fingerprint density at radius 2 is 2.17 bits per heavy atom. The molecule has 3 N–H and O–H groups in total. The van der Waals surface area contributed by atoms with Crippen LogP contribution in [0.5, 0.6) is 0 Å². The molecule has 0 radical (unpaired) electrons. The zero-order chi connectivity index (χ0) is 16.7. The van der Waals surface area contributed by atoms with E-state index in [0.29, 0.717) is 30.5 Å². The lowest BCUT2D eigenvalue weighted by atomic mass is 9.89. The van der Waals surface area contributed by atoms with E-state index in [1.807, 2.05) is 31.2 Å². The molecule has 0 saturated carbocycles. The fraction of sp³-hybridized carbons (Fsp3) is 0.529. The molecule has 126 valence electrons. The Morgan fingerprint density at radius 3 is 2.83 bits per heavy atom. The Labute approximate surface area is 142 Å². The first-order chi connectivity index (χ1) is 11.0. The van der Waals surface area contributed by atoms with E-state index in [-0.39, 0.29) is 11.4 Å². The Bertz CT molecular complexity index is 559. The number of amides is 1. The lowest BCUT2D eigenvalue weighted by Crippen LogP contribution is -2.29. The predicted octanol–water partition coefficient (Wildman–Crippen LogP) is 2.51. The smallest absolute Gasteiger partial charge is 0.251 e. The molecule has 1 aromatic rings. The fourth-order valence-corrected chi connectivity index (χ4v) is 3.47. The number of hydrogen-bond donors (Lipinski definition) is 2. The van der Waals surface area contributed by atoms with Gasteiger partial charge in [-0.25, -0.2) is 0 Å². The van der Waals surface area contributed by atoms with Crippen LogP contribution in [0.15, 0.2) is 29.3 Å². The Kier molecular flexibility index (Phi) is 6.47. The van der Waals surface area contributed by atoms with E-state index in [2.05, 4.69) is 17.2 Å². The van der Waals surface area contributed by atoms with E-state index in [0.717, 1.165) is 24.2 Å². The van der Waals surface area contributed by atoms with Crippen LogP contribution < -0.4 is 11.1 Å². The molecule has 1 aromatic carbocycles. The quantitative estimate of drug-likeness (QED) is 0.751. The standard InChI is InChI=1S/C17H25N3O2S/c1-3-22-11-4-10-19-15(21)13-5-7-14(8-6-13)17(2)9-12-23-16(18)20-17/h5-8H,3-4,9-12H2,1-2H3,(H2,18,20)(H,19,21). The number of nitrogens with one attached hydrogen (secondary N) is 1. The molecule has 0 fully saturated rings. The summed E-state index contributed by atoms with van der Waals surface area (Å²) < 4.78 is 5.25. The topological polar surface area (TPSA) is 76.7 Å². The SMILES string of the molecule is CCOCCCNC(=O)c1ccc(C2(C)CCSC(N)=N2)cc1. The fourth-order valence-electron chi connectivity index (χ4n) is 2.50. The van der Waals surface area contributed by atoms with Crippen molar-refractivity contribution in [1.29, 1.82) is 0 Å². The summed E-state index contributed by atoms with van der Waals surface area (Å²) in [7, 11) is 0. The summed E-state index contributed by atoms with van der Waals surface area (Å²) in [5, 5.41) is 3.54. The van der Waals surface area contributed by atoms with Crippen LogP contribution in [0.3, 0.4) is 0 Å². The maximum atomic E-state index is 12.1. The Balaban J connectivity index is 1.94. The van der Waals surface area contributed by atoms with Crippen LogP contribution in [0.2, 0.25) is 0 Å². The van der Waals surface area contributed by atoms with Crippen molar-refractivity contribution in [3.05, 3.63) is 35.4 Å². The number of nitrogens with zero attached hydrogens (tertiary/aromatic N) is 1. The summed E-state index contributed by atoms with van der Waals surface area (Å²) in [5.41, 5.74) is 7.32. The average Bonchev–Trinajstić information content (AvgIpc) is 2.54. The van der Waals surface area contributed by atoms with Crippen molar-refractivity contribution >= 4 is 22.8 Å². The van der Waals surface area contributed by atoms with Gasteiger partial charge in [0, 0.05) is 31.1 Å². The van der Waals surface area contributed by atoms with Gasteiger partial charge in [-0.3, -0.25) is 9.79 Å². The highest BCUT2D eigenvalue weighted by Crippen LogP contribution is 2.34. The maximum absolute atomic E-state index is 12.1. The molecular weight excluding hydrogens is 310 g/mol. The van der Waals surface area contributed by atoms with Crippen LogP contribution >= 0.6 is 11.8 Å². The van der Waals surface area contributed by atoms with Gasteiger partial charge in [-0.15, -0.1) is 0 Å². The molecule has 0 aromatic heterocycles. The molecule has 0 spiro atoms. The highest BCUT2D eigenvalue weighted by atomic mass is 32.2. The number of hydrogen-bond acceptors (Lipinski definition) is 5. The van der Waals surface area contributed by atoms with Gasteiger partial charge in [0.05, 0.1) is 5.54 Å². The highest BCUT2D eigenvalue weighted by molar-refractivity contribution is 8.13. The van der Waals surface area contributed by atoms with Crippen molar-refractivity contribution in [2.24, 2.45) is 10.7 Å². The molecule has 1 unspecified atom stereocenters. The lowest BCUT2D eigenvalue weighted by Gasteiger charge is -2.29. The number of carbonyl (C=O) groups is 1. The summed E-state index contributed by atoms with van der Waals surface area (Å²) >= 11 is 1.59. The molecule has 1 aliphatic rings. The van der Waals surface area contributed by atoms with Crippen LogP contribution in [0.4, 0.5) is 0 Å². The van der Waals surface area contributed by atoms with Gasteiger partial charge in [-0.05, 0) is 44.4 Å². The molecule has 0 bridgehead atoms. The minimum atomic E-state index is -0.290. The molecule has 1 heterocycles. The van der Waals surface area contributed by atoms with Crippen molar-refractivity contribution in [1.82, 2.24) is 5.32 Å². The van der Waals surface area contributed by atoms with Crippen LogP contribution in [-0.2, 0) is 10.3 Å². The first kappa shape index (κ1) is 17.8. The zero-order valence-electron chi connectivity index (χ0n) is 13.8. The maximum Gasteiger partial charge on any atom is 0.251 e. The number of nitrogens with two attached hydrogens (primary N) is 1. The minimum absolute atomic E-state index is 0.0552. The second-order valence-electron chi connectivity index (χ2n) is 5.71. The lowest BCUT2D eigenvalue weighted by molar-refractivity contribution is 0.0944. The summed E-state index contributed by atoms with van der Waals surface area (Å²) in [6.07, 6.45) is 1.77. The molecule has 1 atom stereocenters. The van der Waals surface area contributed by atoms with Gasteiger partial charge in [0.1, 0.15) is 0 Å². The first-order valence-corrected chi connectivity index (χ1v) is 8.98. The molecule has 1 amide bonds.